The average molecular weight is 541 g/mol. The summed E-state index contributed by atoms with van der Waals surface area (Å²) in [6.45, 7) is 3.57. The van der Waals surface area contributed by atoms with Gasteiger partial charge in [0.25, 0.3) is 10.0 Å². The number of anilines is 1. The Morgan fingerprint density at radius 2 is 1.73 bits per heavy atom. The number of carbonyl (C=O) groups excluding carboxylic acids is 2. The fourth-order valence-electron chi connectivity index (χ4n) is 4.04. The first kappa shape index (κ1) is 26.3. The first-order valence-corrected chi connectivity index (χ1v) is 14.0. The highest BCUT2D eigenvalue weighted by atomic mass is 32.2. The Hall–Kier alpha value is -3.76. The predicted octanol–water partition coefficient (Wildman–Crippen LogP) is 5.06. The van der Waals surface area contributed by atoms with Gasteiger partial charge in [-0.2, -0.15) is 0 Å². The molecule has 10 heteroatoms. The molecule has 0 aliphatic heterocycles. The fourth-order valence-corrected chi connectivity index (χ4v) is 6.01. The maximum atomic E-state index is 13.5. The van der Waals surface area contributed by atoms with E-state index in [0.29, 0.717) is 17.7 Å². The lowest BCUT2D eigenvalue weighted by atomic mass is 10.0. The molecule has 3 aromatic carbocycles. The number of thiazole rings is 1. The van der Waals surface area contributed by atoms with Gasteiger partial charge in [0.05, 0.1) is 20.1 Å². The van der Waals surface area contributed by atoms with Crippen molar-refractivity contribution in [2.45, 2.75) is 37.6 Å². The van der Waals surface area contributed by atoms with Crippen LogP contribution in [0.25, 0.3) is 10.2 Å². The second-order valence-electron chi connectivity index (χ2n) is 8.70. The van der Waals surface area contributed by atoms with Crippen LogP contribution < -0.4 is 14.9 Å². The highest BCUT2D eigenvalue weighted by Crippen LogP contribution is 2.26. The zero-order valence-electron chi connectivity index (χ0n) is 20.8. The maximum absolute atomic E-state index is 13.5. The van der Waals surface area contributed by atoms with Crippen LogP contribution in [-0.2, 0) is 21.2 Å². The SMILES string of the molecule is Cc1nc2cc(N(C)C(=O)[C@H](CCc3ccccc3)NC(=O)NS(=O)(=O)c3ccccc3C)ccc2s1.[HH].[HH]. The minimum atomic E-state index is -4.12. The molecule has 4 rings (SSSR count). The number of nitrogens with one attached hydrogen (secondary N) is 2. The molecule has 2 N–H and O–H groups in total. The Labute approximate surface area is 223 Å². The molecule has 0 radical (unpaired) electrons. The predicted molar refractivity (Wildman–Crippen MR) is 151 cm³/mol. The normalized spacial score (nSPS) is 12.2. The van der Waals surface area contributed by atoms with E-state index in [1.807, 2.05) is 60.2 Å². The van der Waals surface area contributed by atoms with Gasteiger partial charge in [0.15, 0.2) is 0 Å². The van der Waals surface area contributed by atoms with Gasteiger partial charge >= 0.3 is 6.03 Å². The molecule has 0 unspecified atom stereocenters. The van der Waals surface area contributed by atoms with Gasteiger partial charge in [0.1, 0.15) is 6.04 Å². The lowest BCUT2D eigenvalue weighted by Crippen LogP contribution is -2.51. The van der Waals surface area contributed by atoms with Crippen LogP contribution in [0, 0.1) is 13.8 Å². The highest BCUT2D eigenvalue weighted by molar-refractivity contribution is 7.90. The minimum Gasteiger partial charge on any atom is -0.325 e. The van der Waals surface area contributed by atoms with E-state index in [1.165, 1.54) is 11.0 Å². The van der Waals surface area contributed by atoms with E-state index in [2.05, 4.69) is 10.3 Å². The summed E-state index contributed by atoms with van der Waals surface area (Å²) in [6, 6.07) is 19.6. The van der Waals surface area contributed by atoms with Gasteiger partial charge in [-0.05, 0) is 62.1 Å². The van der Waals surface area contributed by atoms with Crippen molar-refractivity contribution in [2.24, 2.45) is 0 Å². The number of carbonyl (C=O) groups is 2. The van der Waals surface area contributed by atoms with Gasteiger partial charge in [-0.25, -0.2) is 22.9 Å². The number of hydrogen-bond acceptors (Lipinski definition) is 6. The summed E-state index contributed by atoms with van der Waals surface area (Å²) in [5.74, 6) is -0.370. The molecule has 1 atom stereocenters. The third kappa shape index (κ3) is 6.33. The number of likely N-dealkylation sites (N-methyl/N-ethyl adjacent to an activating group) is 1. The molecule has 0 saturated heterocycles. The molecule has 1 aromatic heterocycles. The summed E-state index contributed by atoms with van der Waals surface area (Å²) in [4.78, 5) is 32.3. The molecular weight excluding hydrogens is 508 g/mol. The number of aromatic nitrogens is 1. The third-order valence-corrected chi connectivity index (χ3v) is 8.42. The second-order valence-corrected chi connectivity index (χ2v) is 11.6. The van der Waals surface area contributed by atoms with E-state index >= 15 is 0 Å². The van der Waals surface area contributed by atoms with Crippen LogP contribution >= 0.6 is 11.3 Å². The number of benzene rings is 3. The zero-order chi connectivity index (χ0) is 26.6. The summed E-state index contributed by atoms with van der Waals surface area (Å²) < 4.78 is 28.7. The Balaban J connectivity index is 0.00000267. The van der Waals surface area contributed by atoms with E-state index in [9.17, 15) is 18.0 Å². The molecule has 37 heavy (non-hydrogen) atoms. The van der Waals surface area contributed by atoms with Crippen molar-refractivity contribution in [3.8, 4) is 0 Å². The van der Waals surface area contributed by atoms with Crippen LogP contribution in [-0.4, -0.2) is 38.4 Å². The molecule has 3 amide bonds. The molecule has 1 heterocycles. The van der Waals surface area contributed by atoms with E-state index < -0.39 is 22.1 Å². The van der Waals surface area contributed by atoms with Crippen molar-refractivity contribution in [3.63, 3.8) is 0 Å². The monoisotopic (exact) mass is 540 g/mol. The van der Waals surface area contributed by atoms with E-state index in [1.54, 1.807) is 43.5 Å². The Morgan fingerprint density at radius 1 is 1.03 bits per heavy atom. The molecule has 196 valence electrons. The van der Waals surface area contributed by atoms with E-state index in [4.69, 9.17) is 0 Å². The fraction of sp³-hybridized carbons (Fsp3) is 0.222. The molecule has 0 aliphatic carbocycles. The van der Waals surface area contributed by atoms with Crippen LogP contribution in [0.1, 0.15) is 25.4 Å². The number of fused-ring (bicyclic) bond motifs is 1. The van der Waals surface area contributed by atoms with Crippen LogP contribution in [0.2, 0.25) is 0 Å². The summed E-state index contributed by atoms with van der Waals surface area (Å²) >= 11 is 1.57. The van der Waals surface area contributed by atoms with Gasteiger partial charge in [-0.1, -0.05) is 48.5 Å². The summed E-state index contributed by atoms with van der Waals surface area (Å²) in [7, 11) is -2.49. The number of nitrogens with zero attached hydrogens (tertiary/aromatic N) is 2. The average Bonchev–Trinajstić information content (AvgIpc) is 3.25. The number of urea groups is 1. The van der Waals surface area contributed by atoms with Gasteiger partial charge in [-0.15, -0.1) is 11.3 Å². The maximum Gasteiger partial charge on any atom is 0.329 e. The smallest absolute Gasteiger partial charge is 0.325 e. The molecule has 8 nitrogen and oxygen atoms in total. The Morgan fingerprint density at radius 3 is 2.46 bits per heavy atom. The number of sulfonamides is 1. The Kier molecular flexibility index (Phi) is 7.89. The quantitative estimate of drug-likeness (QED) is 0.325. The minimum absolute atomic E-state index is 0. The standard InChI is InChI=1S/C27H28N4O4S2.2H2/c1-18-9-7-8-12-25(18)37(34,35)30-27(33)29-22(15-13-20-10-5-4-6-11-20)26(32)31(3)21-14-16-24-23(17-21)28-19(2)36-24;;/h4-12,14,16-17,22H,13,15H2,1-3H3,(H2,29,30,33);2*1H/t22-;;/m0../s1. The van der Waals surface area contributed by atoms with Crippen molar-refractivity contribution in [1.82, 2.24) is 15.0 Å². The van der Waals surface area contributed by atoms with Crippen molar-refractivity contribution in [1.29, 1.82) is 0 Å². The largest absolute Gasteiger partial charge is 0.329 e. The van der Waals surface area contributed by atoms with Gasteiger partial charge in [-0.3, -0.25) is 4.79 Å². The van der Waals surface area contributed by atoms with Gasteiger partial charge in [0, 0.05) is 15.6 Å². The molecule has 0 fully saturated rings. The van der Waals surface area contributed by atoms with Gasteiger partial charge < -0.3 is 10.2 Å². The van der Waals surface area contributed by atoms with Crippen LogP contribution in [0.5, 0.6) is 0 Å². The molecule has 4 aromatic rings. The number of aryl methyl sites for hydroxylation is 3. The first-order valence-electron chi connectivity index (χ1n) is 11.7. The number of amides is 3. The number of rotatable bonds is 8. The molecule has 0 spiro atoms. The van der Waals surface area contributed by atoms with Crippen molar-refractivity contribution >= 4 is 49.2 Å². The second kappa shape index (κ2) is 11.1. The van der Waals surface area contributed by atoms with Crippen molar-refractivity contribution < 1.29 is 20.9 Å². The lowest BCUT2D eigenvalue weighted by molar-refractivity contribution is -0.120. The molecule has 0 saturated carbocycles. The topological polar surface area (TPSA) is 108 Å². The van der Waals surface area contributed by atoms with E-state index in [-0.39, 0.29) is 20.1 Å². The van der Waals surface area contributed by atoms with Crippen LogP contribution in [0.15, 0.2) is 77.7 Å². The molecule has 0 aliphatic rings. The summed E-state index contributed by atoms with van der Waals surface area (Å²) in [5, 5.41) is 3.52. The van der Waals surface area contributed by atoms with Crippen LogP contribution in [0.4, 0.5) is 10.5 Å². The summed E-state index contributed by atoms with van der Waals surface area (Å²) in [6.07, 6.45) is 0.795. The molecule has 0 bridgehead atoms. The molecular formula is C27H32N4O4S2. The van der Waals surface area contributed by atoms with Gasteiger partial charge in [0.2, 0.25) is 5.91 Å². The third-order valence-electron chi connectivity index (χ3n) is 5.97. The van der Waals surface area contributed by atoms with Crippen LogP contribution in [0.3, 0.4) is 0 Å². The zero-order valence-corrected chi connectivity index (χ0v) is 22.4. The number of hydrogen-bond donors (Lipinski definition) is 2. The Bertz CT molecular complexity index is 1550. The van der Waals surface area contributed by atoms with Crippen molar-refractivity contribution in [3.05, 3.63) is 88.9 Å². The first-order chi connectivity index (χ1) is 17.6. The van der Waals surface area contributed by atoms with Crippen molar-refractivity contribution in [2.75, 3.05) is 11.9 Å². The highest BCUT2D eigenvalue weighted by Gasteiger charge is 2.27. The van der Waals surface area contributed by atoms with E-state index in [0.717, 1.165) is 20.8 Å². The summed E-state index contributed by atoms with van der Waals surface area (Å²) in [5.41, 5.74) is 2.92. The lowest BCUT2D eigenvalue weighted by Gasteiger charge is -2.25.